The Bertz CT molecular complexity index is 548. The normalized spacial score (nSPS) is 11.6. The van der Waals surface area contributed by atoms with Crippen molar-refractivity contribution in [1.82, 2.24) is 0 Å². The van der Waals surface area contributed by atoms with Crippen LogP contribution in [-0.2, 0) is 0 Å². The van der Waals surface area contributed by atoms with Crippen LogP contribution in [0.2, 0.25) is 10.0 Å². The Labute approximate surface area is 108 Å². The first-order valence-corrected chi connectivity index (χ1v) is 5.56. The Morgan fingerprint density at radius 2 is 1.88 bits per heavy atom. The molecule has 17 heavy (non-hydrogen) atoms. The second kappa shape index (κ2) is 5.66. The summed E-state index contributed by atoms with van der Waals surface area (Å²) in [6.45, 7) is 0. The molecule has 0 aliphatic rings. The van der Waals surface area contributed by atoms with Gasteiger partial charge in [-0.05, 0) is 24.3 Å². The minimum atomic E-state index is 0.537. The summed E-state index contributed by atoms with van der Waals surface area (Å²) in [5.41, 5.74) is 0.757. The molecule has 0 fully saturated rings. The van der Waals surface area contributed by atoms with Gasteiger partial charge in [-0.25, -0.2) is 0 Å². The molecule has 1 heterocycles. The zero-order valence-corrected chi connectivity index (χ0v) is 10.2. The van der Waals surface area contributed by atoms with Crippen molar-refractivity contribution in [2.24, 2.45) is 10.2 Å². The Morgan fingerprint density at radius 1 is 1.06 bits per heavy atom. The summed E-state index contributed by atoms with van der Waals surface area (Å²) in [6, 6.07) is 8.73. The number of hydrogen-bond donors (Lipinski definition) is 0. The van der Waals surface area contributed by atoms with Gasteiger partial charge in [0.1, 0.15) is 5.76 Å². The van der Waals surface area contributed by atoms with E-state index in [1.807, 2.05) is 0 Å². The smallest absolute Gasteiger partial charge is 0.146 e. The summed E-state index contributed by atoms with van der Waals surface area (Å²) in [5, 5.41) is 8.82. The van der Waals surface area contributed by atoms with Crippen molar-refractivity contribution in [3.63, 3.8) is 0 Å². The van der Waals surface area contributed by atoms with E-state index in [1.54, 1.807) is 42.8 Å². The maximum absolute atomic E-state index is 5.96. The van der Waals surface area contributed by atoms with Crippen LogP contribution in [0.15, 0.2) is 51.2 Å². The second-order valence-corrected chi connectivity index (χ2v) is 4.01. The Hall–Kier alpha value is -1.58. The molecule has 0 bridgehead atoms. The Kier molecular flexibility index (Phi) is 3.96. The fourth-order valence-corrected chi connectivity index (χ4v) is 1.61. The van der Waals surface area contributed by atoms with Gasteiger partial charge in [0.05, 0.1) is 23.7 Å². The first-order valence-electron chi connectivity index (χ1n) is 4.80. The predicted octanol–water partition coefficient (Wildman–Crippen LogP) is 4.04. The molecular weight excluding hydrogens is 259 g/mol. The summed E-state index contributed by atoms with van der Waals surface area (Å²) in [5.74, 6) is 0.643. The van der Waals surface area contributed by atoms with Crippen molar-refractivity contribution < 1.29 is 4.42 Å². The van der Waals surface area contributed by atoms with Crippen molar-refractivity contribution in [1.29, 1.82) is 0 Å². The molecule has 0 saturated carbocycles. The largest absolute Gasteiger partial charge is 0.463 e. The molecule has 0 saturated heterocycles. The van der Waals surface area contributed by atoms with Gasteiger partial charge in [-0.3, -0.25) is 0 Å². The van der Waals surface area contributed by atoms with Crippen LogP contribution in [0.5, 0.6) is 0 Å². The van der Waals surface area contributed by atoms with E-state index in [-0.39, 0.29) is 0 Å². The SMILES string of the molecule is Clc1ccc(/C=N\N=C\c2ccco2)c(Cl)c1. The molecule has 5 heteroatoms. The Balaban J connectivity index is 2.05. The van der Waals surface area contributed by atoms with Crippen LogP contribution >= 0.6 is 23.2 Å². The summed E-state index contributed by atoms with van der Waals surface area (Å²) >= 11 is 11.7. The Morgan fingerprint density at radius 3 is 2.59 bits per heavy atom. The van der Waals surface area contributed by atoms with Gasteiger partial charge < -0.3 is 4.42 Å². The lowest BCUT2D eigenvalue weighted by molar-refractivity contribution is 0.560. The molecule has 3 nitrogen and oxygen atoms in total. The van der Waals surface area contributed by atoms with Gasteiger partial charge in [0.25, 0.3) is 0 Å². The quantitative estimate of drug-likeness (QED) is 0.610. The maximum Gasteiger partial charge on any atom is 0.146 e. The van der Waals surface area contributed by atoms with Gasteiger partial charge in [0.2, 0.25) is 0 Å². The lowest BCUT2D eigenvalue weighted by Crippen LogP contribution is -1.82. The molecule has 0 atom stereocenters. The molecule has 1 aromatic carbocycles. The lowest BCUT2D eigenvalue weighted by Gasteiger charge is -1.96. The maximum atomic E-state index is 5.96. The number of halogens is 2. The van der Waals surface area contributed by atoms with Crippen LogP contribution in [0.3, 0.4) is 0 Å². The van der Waals surface area contributed by atoms with E-state index >= 15 is 0 Å². The van der Waals surface area contributed by atoms with Gasteiger partial charge in [-0.2, -0.15) is 10.2 Å². The molecule has 0 aliphatic carbocycles. The van der Waals surface area contributed by atoms with Crippen molar-refractivity contribution in [2.45, 2.75) is 0 Å². The summed E-state index contributed by atoms with van der Waals surface area (Å²) in [7, 11) is 0. The van der Waals surface area contributed by atoms with Crippen molar-refractivity contribution in [2.75, 3.05) is 0 Å². The number of furan rings is 1. The highest BCUT2D eigenvalue weighted by Crippen LogP contribution is 2.19. The average molecular weight is 267 g/mol. The van der Waals surface area contributed by atoms with Crippen LogP contribution in [0.4, 0.5) is 0 Å². The van der Waals surface area contributed by atoms with E-state index in [2.05, 4.69) is 10.2 Å². The highest BCUT2D eigenvalue weighted by atomic mass is 35.5. The molecule has 0 aliphatic heterocycles. The molecule has 1 aromatic heterocycles. The monoisotopic (exact) mass is 266 g/mol. The second-order valence-electron chi connectivity index (χ2n) is 3.17. The topological polar surface area (TPSA) is 37.9 Å². The van der Waals surface area contributed by atoms with Crippen LogP contribution < -0.4 is 0 Å². The minimum absolute atomic E-state index is 0.537. The molecule has 0 spiro atoms. The molecule has 86 valence electrons. The molecule has 0 amide bonds. The fourth-order valence-electron chi connectivity index (χ4n) is 1.16. The first kappa shape index (κ1) is 11.9. The van der Waals surface area contributed by atoms with Crippen LogP contribution in [-0.4, -0.2) is 12.4 Å². The number of hydrogen-bond acceptors (Lipinski definition) is 3. The highest BCUT2D eigenvalue weighted by molar-refractivity contribution is 6.36. The van der Waals surface area contributed by atoms with E-state index < -0.39 is 0 Å². The summed E-state index contributed by atoms with van der Waals surface area (Å²) < 4.78 is 5.06. The summed E-state index contributed by atoms with van der Waals surface area (Å²) in [4.78, 5) is 0. The lowest BCUT2D eigenvalue weighted by atomic mass is 10.2. The van der Waals surface area contributed by atoms with Gasteiger partial charge in [0, 0.05) is 10.6 Å². The molecule has 2 aromatic rings. The zero-order chi connectivity index (χ0) is 12.1. The number of rotatable bonds is 3. The number of nitrogens with zero attached hydrogens (tertiary/aromatic N) is 2. The minimum Gasteiger partial charge on any atom is -0.463 e. The van der Waals surface area contributed by atoms with E-state index in [0.29, 0.717) is 15.8 Å². The third-order valence-corrected chi connectivity index (χ3v) is 2.52. The predicted molar refractivity (Wildman–Crippen MR) is 70.4 cm³/mol. The van der Waals surface area contributed by atoms with Crippen LogP contribution in [0.25, 0.3) is 0 Å². The van der Waals surface area contributed by atoms with E-state index in [0.717, 1.165) is 5.56 Å². The fraction of sp³-hybridized carbons (Fsp3) is 0. The molecular formula is C12H8Cl2N2O. The third kappa shape index (κ3) is 3.44. The first-order chi connectivity index (χ1) is 8.25. The van der Waals surface area contributed by atoms with Crippen molar-refractivity contribution in [3.05, 3.63) is 58.0 Å². The summed E-state index contributed by atoms with van der Waals surface area (Å²) in [6.07, 6.45) is 4.64. The van der Waals surface area contributed by atoms with Gasteiger partial charge in [-0.15, -0.1) is 0 Å². The zero-order valence-electron chi connectivity index (χ0n) is 8.68. The van der Waals surface area contributed by atoms with E-state index in [1.165, 1.54) is 6.21 Å². The van der Waals surface area contributed by atoms with Crippen molar-refractivity contribution >= 4 is 35.6 Å². The highest BCUT2D eigenvalue weighted by Gasteiger charge is 1.97. The van der Waals surface area contributed by atoms with Gasteiger partial charge in [-0.1, -0.05) is 29.3 Å². The third-order valence-electron chi connectivity index (χ3n) is 1.95. The van der Waals surface area contributed by atoms with Crippen molar-refractivity contribution in [3.8, 4) is 0 Å². The van der Waals surface area contributed by atoms with E-state index in [9.17, 15) is 0 Å². The molecule has 0 radical (unpaired) electrons. The van der Waals surface area contributed by atoms with Crippen LogP contribution in [0, 0.1) is 0 Å². The average Bonchev–Trinajstić information content (AvgIpc) is 2.79. The standard InChI is InChI=1S/C12H8Cl2N2O/c13-10-4-3-9(12(14)6-10)7-15-16-8-11-2-1-5-17-11/h1-8H/b15-7-,16-8+. The molecule has 2 rings (SSSR count). The molecule has 0 unspecified atom stereocenters. The van der Waals surface area contributed by atoms with Gasteiger partial charge in [0.15, 0.2) is 0 Å². The van der Waals surface area contributed by atoms with Gasteiger partial charge >= 0.3 is 0 Å². The number of benzene rings is 1. The van der Waals surface area contributed by atoms with E-state index in [4.69, 9.17) is 27.6 Å². The molecule has 0 N–H and O–H groups in total. The van der Waals surface area contributed by atoms with Crippen LogP contribution in [0.1, 0.15) is 11.3 Å².